The fourth-order valence-corrected chi connectivity index (χ4v) is 5.70. The van der Waals surface area contributed by atoms with Crippen LogP contribution in [0.4, 0.5) is 0 Å². The van der Waals surface area contributed by atoms with Crippen LogP contribution in [0.5, 0.6) is 0 Å². The summed E-state index contributed by atoms with van der Waals surface area (Å²) in [4.78, 5) is 30.8. The van der Waals surface area contributed by atoms with Gasteiger partial charge in [0.1, 0.15) is 5.52 Å². The maximum absolute atomic E-state index is 13.8. The number of aromatic nitrogens is 6. The average Bonchev–Trinajstić information content (AvgIpc) is 3.43. The number of aryl methyl sites for hydroxylation is 2. The fourth-order valence-electron chi connectivity index (χ4n) is 5.54. The summed E-state index contributed by atoms with van der Waals surface area (Å²) < 4.78 is 5.38. The minimum absolute atomic E-state index is 0.0555. The number of pyridine rings is 1. The summed E-state index contributed by atoms with van der Waals surface area (Å²) in [7, 11) is 1.84. The molecule has 1 N–H and O–H groups in total. The van der Waals surface area contributed by atoms with Gasteiger partial charge in [-0.2, -0.15) is 0 Å². The zero-order chi connectivity index (χ0) is 26.4. The molecular weight excluding hydrogens is 502 g/mol. The summed E-state index contributed by atoms with van der Waals surface area (Å²) in [5.74, 6) is 0.208. The smallest absolute Gasteiger partial charge is 0.333 e. The first-order valence-corrected chi connectivity index (χ1v) is 13.2. The molecule has 0 spiro atoms. The Hall–Kier alpha value is -3.98. The number of amides is 1. The van der Waals surface area contributed by atoms with Crippen molar-refractivity contribution in [3.8, 4) is 5.69 Å². The topological polar surface area (TPSA) is 99.6 Å². The summed E-state index contributed by atoms with van der Waals surface area (Å²) in [6, 6.07) is 15.4. The van der Waals surface area contributed by atoms with Gasteiger partial charge in [-0.25, -0.2) is 9.48 Å². The van der Waals surface area contributed by atoms with E-state index in [-0.39, 0.29) is 17.6 Å². The molecule has 0 bridgehead atoms. The van der Waals surface area contributed by atoms with Gasteiger partial charge in [0.15, 0.2) is 0 Å². The summed E-state index contributed by atoms with van der Waals surface area (Å²) in [5.41, 5.74) is 5.36. The first-order valence-electron chi connectivity index (χ1n) is 12.8. The molecule has 3 heterocycles. The lowest BCUT2D eigenvalue weighted by molar-refractivity contribution is 0.0919. The molecule has 0 unspecified atom stereocenters. The minimum Gasteiger partial charge on any atom is -0.349 e. The Morgan fingerprint density at radius 1 is 1.05 bits per heavy atom. The lowest BCUT2D eigenvalue weighted by Gasteiger charge is -2.29. The molecule has 10 heteroatoms. The molecule has 9 nitrogen and oxygen atoms in total. The van der Waals surface area contributed by atoms with Crippen molar-refractivity contribution in [1.82, 2.24) is 34.4 Å². The van der Waals surface area contributed by atoms with Crippen molar-refractivity contribution in [3.05, 3.63) is 81.5 Å². The van der Waals surface area contributed by atoms with Crippen molar-refractivity contribution in [3.63, 3.8) is 0 Å². The van der Waals surface area contributed by atoms with Gasteiger partial charge in [0.2, 0.25) is 0 Å². The molecular formula is C28H28ClN7O2. The van der Waals surface area contributed by atoms with Crippen LogP contribution in [0, 0.1) is 12.8 Å². The molecule has 0 aliphatic heterocycles. The quantitative estimate of drug-likeness (QED) is 0.363. The first-order chi connectivity index (χ1) is 18.4. The monoisotopic (exact) mass is 529 g/mol. The van der Waals surface area contributed by atoms with E-state index < -0.39 is 0 Å². The molecule has 3 aromatic heterocycles. The van der Waals surface area contributed by atoms with Crippen LogP contribution >= 0.6 is 11.6 Å². The van der Waals surface area contributed by atoms with Crippen LogP contribution in [0.1, 0.15) is 41.7 Å². The van der Waals surface area contributed by atoms with Gasteiger partial charge in [-0.05, 0) is 74.9 Å². The second-order valence-electron chi connectivity index (χ2n) is 10.1. The maximum atomic E-state index is 13.8. The van der Waals surface area contributed by atoms with E-state index in [9.17, 15) is 9.59 Å². The molecule has 0 saturated heterocycles. The van der Waals surface area contributed by atoms with Gasteiger partial charge in [-0.1, -0.05) is 28.9 Å². The Morgan fingerprint density at radius 2 is 1.82 bits per heavy atom. The van der Waals surface area contributed by atoms with Gasteiger partial charge >= 0.3 is 5.69 Å². The largest absolute Gasteiger partial charge is 0.349 e. The number of rotatable bonds is 5. The molecule has 1 aliphatic rings. The molecule has 0 atom stereocenters. The van der Waals surface area contributed by atoms with E-state index in [2.05, 4.69) is 20.6 Å². The third kappa shape index (κ3) is 4.36. The molecule has 1 amide bonds. The Balaban J connectivity index is 1.21. The predicted molar refractivity (Wildman–Crippen MR) is 147 cm³/mol. The number of halogens is 1. The van der Waals surface area contributed by atoms with E-state index in [1.54, 1.807) is 21.5 Å². The second-order valence-corrected chi connectivity index (χ2v) is 10.5. The molecule has 5 aromatic rings. The van der Waals surface area contributed by atoms with Crippen molar-refractivity contribution in [1.29, 1.82) is 0 Å². The van der Waals surface area contributed by atoms with Crippen LogP contribution in [0.2, 0.25) is 5.02 Å². The predicted octanol–water partition coefficient (Wildman–Crippen LogP) is 4.42. The lowest BCUT2D eigenvalue weighted by atomic mass is 9.85. The standard InChI is InChI=1S/C28H28ClN7O2/c1-17-22(13-19(29)15-30-17)27(37)31-20-9-7-18(8-10-20)16-35-24-5-3-4-6-25(24)36(28(35)38)21-11-12-23-26(14-21)34(2)33-32-23/h3-6,11-15,18,20H,7-10,16H2,1-2H3,(H,31,37). The molecule has 194 valence electrons. The number of benzene rings is 2. The number of carbonyl (C=O) groups is 1. The van der Waals surface area contributed by atoms with E-state index >= 15 is 0 Å². The fraction of sp³-hybridized carbons (Fsp3) is 0.321. The molecule has 6 rings (SSSR count). The van der Waals surface area contributed by atoms with Crippen LogP contribution in [0.3, 0.4) is 0 Å². The van der Waals surface area contributed by atoms with E-state index in [0.717, 1.165) is 53.4 Å². The van der Waals surface area contributed by atoms with Gasteiger partial charge in [0.05, 0.1) is 38.5 Å². The Kier molecular flexibility index (Phi) is 6.23. The summed E-state index contributed by atoms with van der Waals surface area (Å²) in [6.45, 7) is 2.45. The van der Waals surface area contributed by atoms with Gasteiger partial charge < -0.3 is 5.32 Å². The SMILES string of the molecule is Cc1ncc(Cl)cc1C(=O)NC1CCC(Cn2c(=O)n(-c3ccc4nnn(C)c4c3)c3ccccc32)CC1. The Labute approximate surface area is 224 Å². The zero-order valence-corrected chi connectivity index (χ0v) is 22.0. The number of nitrogens with zero attached hydrogens (tertiary/aromatic N) is 6. The highest BCUT2D eigenvalue weighted by Crippen LogP contribution is 2.28. The number of hydrogen-bond donors (Lipinski definition) is 1. The third-order valence-electron chi connectivity index (χ3n) is 7.61. The highest BCUT2D eigenvalue weighted by atomic mass is 35.5. The second kappa shape index (κ2) is 9.72. The van der Waals surface area contributed by atoms with Crippen LogP contribution in [-0.2, 0) is 13.6 Å². The number of hydrogen-bond acceptors (Lipinski definition) is 5. The van der Waals surface area contributed by atoms with E-state index in [1.165, 1.54) is 0 Å². The summed E-state index contributed by atoms with van der Waals surface area (Å²) in [5, 5.41) is 11.8. The van der Waals surface area contributed by atoms with Crippen LogP contribution in [-0.4, -0.2) is 41.1 Å². The third-order valence-corrected chi connectivity index (χ3v) is 7.82. The van der Waals surface area contributed by atoms with Crippen molar-refractivity contribution in [2.45, 2.75) is 45.2 Å². The van der Waals surface area contributed by atoms with Gasteiger partial charge in [-0.3, -0.25) is 18.9 Å². The molecule has 0 radical (unpaired) electrons. The number of nitrogens with one attached hydrogen (secondary N) is 1. The summed E-state index contributed by atoms with van der Waals surface area (Å²) in [6.07, 6.45) is 5.13. The van der Waals surface area contributed by atoms with Crippen molar-refractivity contribution >= 4 is 39.6 Å². The number of imidazole rings is 1. The van der Waals surface area contributed by atoms with Crippen LogP contribution in [0.25, 0.3) is 27.8 Å². The van der Waals surface area contributed by atoms with Crippen LogP contribution < -0.4 is 11.0 Å². The molecule has 1 aliphatic carbocycles. The normalized spacial score (nSPS) is 17.8. The number of para-hydroxylation sites is 2. The molecule has 38 heavy (non-hydrogen) atoms. The zero-order valence-electron chi connectivity index (χ0n) is 21.3. The molecule has 2 aromatic carbocycles. The van der Waals surface area contributed by atoms with Gasteiger partial charge in [0, 0.05) is 25.8 Å². The highest BCUT2D eigenvalue weighted by molar-refractivity contribution is 6.30. The maximum Gasteiger partial charge on any atom is 0.333 e. The molecule has 1 saturated carbocycles. The van der Waals surface area contributed by atoms with Crippen molar-refractivity contribution in [2.75, 3.05) is 0 Å². The van der Waals surface area contributed by atoms with Crippen LogP contribution in [0.15, 0.2) is 59.5 Å². The number of carbonyl (C=O) groups excluding carboxylic acids is 1. The van der Waals surface area contributed by atoms with E-state index in [1.807, 2.05) is 61.0 Å². The average molecular weight is 530 g/mol. The van der Waals surface area contributed by atoms with Gasteiger partial charge in [-0.15, -0.1) is 5.10 Å². The minimum atomic E-state index is -0.138. The van der Waals surface area contributed by atoms with Crippen molar-refractivity contribution < 1.29 is 4.79 Å². The lowest BCUT2D eigenvalue weighted by Crippen LogP contribution is -2.39. The Morgan fingerprint density at radius 3 is 2.61 bits per heavy atom. The van der Waals surface area contributed by atoms with Gasteiger partial charge in [0.25, 0.3) is 5.91 Å². The number of fused-ring (bicyclic) bond motifs is 2. The Bertz CT molecular complexity index is 1730. The summed E-state index contributed by atoms with van der Waals surface area (Å²) >= 11 is 6.04. The molecule has 1 fully saturated rings. The van der Waals surface area contributed by atoms with E-state index in [0.29, 0.717) is 28.7 Å². The van der Waals surface area contributed by atoms with E-state index in [4.69, 9.17) is 11.6 Å². The highest BCUT2D eigenvalue weighted by Gasteiger charge is 2.26. The first kappa shape index (κ1) is 24.4. The van der Waals surface area contributed by atoms with Crippen molar-refractivity contribution in [2.24, 2.45) is 13.0 Å².